The van der Waals surface area contributed by atoms with Crippen LogP contribution in [-0.2, 0) is 13.1 Å². The van der Waals surface area contributed by atoms with Crippen molar-refractivity contribution in [2.75, 3.05) is 5.32 Å². The molecule has 0 fully saturated rings. The average molecular weight is 255 g/mol. The van der Waals surface area contributed by atoms with Crippen LogP contribution in [0.2, 0.25) is 0 Å². The molecule has 0 spiro atoms. The molecular formula is C14H17N5. The SMILES string of the molecule is CCn1cc(CNc2ccc3nc(C)[nH]c3c2)cn1. The van der Waals surface area contributed by atoms with Crippen LogP contribution >= 0.6 is 0 Å². The van der Waals surface area contributed by atoms with Gasteiger partial charge in [0.1, 0.15) is 5.82 Å². The molecule has 0 aliphatic carbocycles. The number of hydrogen-bond donors (Lipinski definition) is 2. The van der Waals surface area contributed by atoms with Gasteiger partial charge >= 0.3 is 0 Å². The molecule has 0 saturated carbocycles. The van der Waals surface area contributed by atoms with Crippen LogP contribution in [0.4, 0.5) is 5.69 Å². The van der Waals surface area contributed by atoms with E-state index in [-0.39, 0.29) is 0 Å². The van der Waals surface area contributed by atoms with Gasteiger partial charge in [-0.3, -0.25) is 4.68 Å². The van der Waals surface area contributed by atoms with Crippen molar-refractivity contribution in [2.45, 2.75) is 26.9 Å². The summed E-state index contributed by atoms with van der Waals surface area (Å²) in [6.45, 7) is 5.73. The molecule has 0 atom stereocenters. The van der Waals surface area contributed by atoms with E-state index in [1.54, 1.807) is 0 Å². The zero-order chi connectivity index (χ0) is 13.2. The molecule has 2 N–H and O–H groups in total. The third kappa shape index (κ3) is 2.45. The van der Waals surface area contributed by atoms with E-state index in [1.807, 2.05) is 29.9 Å². The van der Waals surface area contributed by atoms with Crippen LogP contribution in [0, 0.1) is 6.92 Å². The molecule has 0 radical (unpaired) electrons. The highest BCUT2D eigenvalue weighted by atomic mass is 15.3. The number of nitrogens with one attached hydrogen (secondary N) is 2. The highest BCUT2D eigenvalue weighted by Crippen LogP contribution is 2.17. The summed E-state index contributed by atoms with van der Waals surface area (Å²) >= 11 is 0. The van der Waals surface area contributed by atoms with E-state index < -0.39 is 0 Å². The molecule has 0 saturated heterocycles. The molecule has 98 valence electrons. The Morgan fingerprint density at radius 2 is 2.26 bits per heavy atom. The summed E-state index contributed by atoms with van der Waals surface area (Å²) in [5.74, 6) is 0.941. The molecule has 2 aromatic heterocycles. The molecule has 5 heteroatoms. The zero-order valence-electron chi connectivity index (χ0n) is 11.1. The van der Waals surface area contributed by atoms with Gasteiger partial charge in [-0.25, -0.2) is 4.98 Å². The predicted octanol–water partition coefficient (Wildman–Crippen LogP) is 2.70. The van der Waals surface area contributed by atoms with Crippen molar-refractivity contribution in [1.82, 2.24) is 19.7 Å². The van der Waals surface area contributed by atoms with Crippen LogP contribution in [0.1, 0.15) is 18.3 Å². The first kappa shape index (κ1) is 11.8. The van der Waals surface area contributed by atoms with Gasteiger partial charge in [-0.15, -0.1) is 0 Å². The number of nitrogens with zero attached hydrogens (tertiary/aromatic N) is 3. The van der Waals surface area contributed by atoms with E-state index in [4.69, 9.17) is 0 Å². The summed E-state index contributed by atoms with van der Waals surface area (Å²) in [5.41, 5.74) is 4.33. The Morgan fingerprint density at radius 3 is 3.05 bits per heavy atom. The maximum absolute atomic E-state index is 4.39. The number of H-pyrrole nitrogens is 1. The lowest BCUT2D eigenvalue weighted by molar-refractivity contribution is 0.659. The summed E-state index contributed by atoms with van der Waals surface area (Å²) < 4.78 is 1.93. The highest BCUT2D eigenvalue weighted by molar-refractivity contribution is 5.79. The molecule has 0 aliphatic rings. The van der Waals surface area contributed by atoms with Crippen molar-refractivity contribution in [3.05, 3.63) is 42.0 Å². The summed E-state index contributed by atoms with van der Waals surface area (Å²) in [5, 5.41) is 7.66. The lowest BCUT2D eigenvalue weighted by Gasteiger charge is -2.04. The summed E-state index contributed by atoms with van der Waals surface area (Å²) in [6.07, 6.45) is 3.96. The maximum Gasteiger partial charge on any atom is 0.104 e. The van der Waals surface area contributed by atoms with E-state index in [9.17, 15) is 0 Å². The minimum absolute atomic E-state index is 0.776. The number of aromatic amines is 1. The first-order valence-corrected chi connectivity index (χ1v) is 6.46. The topological polar surface area (TPSA) is 58.5 Å². The van der Waals surface area contributed by atoms with Gasteiger partial charge in [-0.2, -0.15) is 5.10 Å². The second kappa shape index (κ2) is 4.76. The lowest BCUT2D eigenvalue weighted by atomic mass is 10.2. The molecule has 0 aliphatic heterocycles. The fourth-order valence-electron chi connectivity index (χ4n) is 2.12. The number of imidazole rings is 1. The van der Waals surface area contributed by atoms with Gasteiger partial charge in [-0.1, -0.05) is 0 Å². The molecule has 2 heterocycles. The zero-order valence-corrected chi connectivity index (χ0v) is 11.1. The normalized spacial score (nSPS) is 11.1. The predicted molar refractivity (Wildman–Crippen MR) is 76.1 cm³/mol. The second-order valence-electron chi connectivity index (χ2n) is 4.61. The van der Waals surface area contributed by atoms with Crippen molar-refractivity contribution in [1.29, 1.82) is 0 Å². The Morgan fingerprint density at radius 1 is 1.37 bits per heavy atom. The van der Waals surface area contributed by atoms with Gasteiger partial charge in [0.05, 0.1) is 17.2 Å². The van der Waals surface area contributed by atoms with E-state index in [1.165, 1.54) is 5.56 Å². The molecule has 0 bridgehead atoms. The minimum atomic E-state index is 0.776. The summed E-state index contributed by atoms with van der Waals surface area (Å²) in [6, 6.07) is 6.16. The molecule has 0 unspecified atom stereocenters. The first-order chi connectivity index (χ1) is 9.24. The van der Waals surface area contributed by atoms with Crippen LogP contribution in [-0.4, -0.2) is 19.7 Å². The maximum atomic E-state index is 4.39. The third-order valence-corrected chi connectivity index (χ3v) is 3.11. The summed E-state index contributed by atoms with van der Waals surface area (Å²) in [4.78, 5) is 7.63. The van der Waals surface area contributed by atoms with E-state index in [0.29, 0.717) is 0 Å². The van der Waals surface area contributed by atoms with Gasteiger partial charge in [0, 0.05) is 30.5 Å². The second-order valence-corrected chi connectivity index (χ2v) is 4.61. The Labute approximate surface area is 111 Å². The van der Waals surface area contributed by atoms with Crippen molar-refractivity contribution in [3.8, 4) is 0 Å². The molecule has 19 heavy (non-hydrogen) atoms. The Balaban J connectivity index is 1.73. The molecular weight excluding hydrogens is 238 g/mol. The number of rotatable bonds is 4. The molecule has 3 aromatic rings. The fourth-order valence-corrected chi connectivity index (χ4v) is 2.12. The van der Waals surface area contributed by atoms with Gasteiger partial charge in [0.25, 0.3) is 0 Å². The first-order valence-electron chi connectivity index (χ1n) is 6.46. The van der Waals surface area contributed by atoms with Crippen molar-refractivity contribution >= 4 is 16.7 Å². The van der Waals surface area contributed by atoms with Gasteiger partial charge < -0.3 is 10.3 Å². The van der Waals surface area contributed by atoms with E-state index in [2.05, 4.69) is 39.6 Å². The van der Waals surface area contributed by atoms with Crippen LogP contribution in [0.25, 0.3) is 11.0 Å². The number of anilines is 1. The van der Waals surface area contributed by atoms with Crippen molar-refractivity contribution in [3.63, 3.8) is 0 Å². The smallest absolute Gasteiger partial charge is 0.104 e. The third-order valence-electron chi connectivity index (χ3n) is 3.11. The minimum Gasteiger partial charge on any atom is -0.381 e. The van der Waals surface area contributed by atoms with Crippen LogP contribution in [0.5, 0.6) is 0 Å². The highest BCUT2D eigenvalue weighted by Gasteiger charge is 2.01. The largest absolute Gasteiger partial charge is 0.381 e. The number of hydrogen-bond acceptors (Lipinski definition) is 3. The van der Waals surface area contributed by atoms with Gasteiger partial charge in [-0.05, 0) is 32.0 Å². The fraction of sp³-hybridized carbons (Fsp3) is 0.286. The van der Waals surface area contributed by atoms with Crippen molar-refractivity contribution < 1.29 is 0 Å². The van der Waals surface area contributed by atoms with E-state index >= 15 is 0 Å². The van der Waals surface area contributed by atoms with E-state index in [0.717, 1.165) is 35.6 Å². The lowest BCUT2D eigenvalue weighted by Crippen LogP contribution is -1.98. The monoisotopic (exact) mass is 255 g/mol. The van der Waals surface area contributed by atoms with Gasteiger partial charge in [0.2, 0.25) is 0 Å². The Bertz CT molecular complexity index is 695. The Hall–Kier alpha value is -2.30. The van der Waals surface area contributed by atoms with Crippen LogP contribution in [0.3, 0.4) is 0 Å². The van der Waals surface area contributed by atoms with Crippen molar-refractivity contribution in [2.24, 2.45) is 0 Å². The molecule has 1 aromatic carbocycles. The van der Waals surface area contributed by atoms with Gasteiger partial charge in [0.15, 0.2) is 0 Å². The molecule has 5 nitrogen and oxygen atoms in total. The quantitative estimate of drug-likeness (QED) is 0.753. The van der Waals surface area contributed by atoms with Crippen LogP contribution in [0.15, 0.2) is 30.6 Å². The average Bonchev–Trinajstić information content (AvgIpc) is 3.00. The molecule has 0 amide bonds. The number of aromatic nitrogens is 4. The number of fused-ring (bicyclic) bond motifs is 1. The standard InChI is InChI=1S/C14H17N5/c1-3-19-9-11(8-16-19)7-15-12-4-5-13-14(6-12)18-10(2)17-13/h4-6,8-9,15H,3,7H2,1-2H3,(H,17,18). The van der Waals surface area contributed by atoms with Crippen LogP contribution < -0.4 is 5.32 Å². The number of aryl methyl sites for hydroxylation is 2. The molecule has 3 rings (SSSR count). The number of benzene rings is 1. The summed E-state index contributed by atoms with van der Waals surface area (Å²) in [7, 11) is 0. The Kier molecular flexibility index (Phi) is 2.95.